The molecule has 6 heteroatoms. The monoisotopic (exact) mass is 319 g/mol. The average Bonchev–Trinajstić information content (AvgIpc) is 2.63. The zero-order valence-corrected chi connectivity index (χ0v) is 13.0. The van der Waals surface area contributed by atoms with E-state index in [2.05, 4.69) is 32.4 Å². The van der Waals surface area contributed by atoms with E-state index in [1.165, 1.54) is 0 Å². The lowest BCUT2D eigenvalue weighted by molar-refractivity contribution is 0.483. The Morgan fingerprint density at radius 3 is 2.50 bits per heavy atom. The topological polar surface area (TPSA) is 72.0 Å². The van der Waals surface area contributed by atoms with Crippen molar-refractivity contribution in [3.05, 3.63) is 73.4 Å². The molecule has 3 aromatic rings. The number of hydrogen-bond acceptors (Lipinski definition) is 6. The quantitative estimate of drug-likeness (QED) is 0.641. The number of rotatable bonds is 7. The molecule has 0 amide bonds. The lowest BCUT2D eigenvalue weighted by Gasteiger charge is -2.09. The van der Waals surface area contributed by atoms with Crippen LogP contribution in [0.15, 0.2) is 73.4 Å². The first-order chi connectivity index (χ1) is 11.8. The molecule has 2 aromatic carbocycles. The van der Waals surface area contributed by atoms with Gasteiger partial charge >= 0.3 is 0 Å². The number of anilines is 3. The first-order valence-corrected chi connectivity index (χ1v) is 7.48. The van der Waals surface area contributed by atoms with Crippen molar-refractivity contribution in [1.29, 1.82) is 0 Å². The summed E-state index contributed by atoms with van der Waals surface area (Å²) in [5.41, 5.74) is 0.880. The molecule has 1 heterocycles. The summed E-state index contributed by atoms with van der Waals surface area (Å²) in [6.07, 6.45) is 3.29. The summed E-state index contributed by atoms with van der Waals surface area (Å²) in [6, 6.07) is 17.3. The van der Waals surface area contributed by atoms with E-state index >= 15 is 0 Å². The number of aromatic nitrogens is 3. The van der Waals surface area contributed by atoms with Crippen molar-refractivity contribution in [2.75, 3.05) is 17.2 Å². The molecule has 0 unspecified atom stereocenters. The summed E-state index contributed by atoms with van der Waals surface area (Å²) in [5, 5.41) is 14.0. The molecule has 0 saturated heterocycles. The lowest BCUT2D eigenvalue weighted by Crippen LogP contribution is -2.05. The Bertz CT molecular complexity index is 790. The Hall–Kier alpha value is -3.41. The highest BCUT2D eigenvalue weighted by Crippen LogP contribution is 2.23. The second-order valence-corrected chi connectivity index (χ2v) is 4.90. The van der Waals surface area contributed by atoms with Crippen molar-refractivity contribution in [3.63, 3.8) is 0 Å². The highest BCUT2D eigenvalue weighted by Gasteiger charge is 2.01. The maximum Gasteiger partial charge on any atom is 0.244 e. The Kier molecular flexibility index (Phi) is 4.99. The van der Waals surface area contributed by atoms with Crippen LogP contribution in [-0.4, -0.2) is 21.7 Å². The van der Waals surface area contributed by atoms with Crippen LogP contribution in [0.25, 0.3) is 0 Å². The fraction of sp³-hybridized carbons (Fsp3) is 0.0556. The summed E-state index contributed by atoms with van der Waals surface area (Å²) < 4.78 is 5.76. The van der Waals surface area contributed by atoms with Gasteiger partial charge in [-0.15, -0.1) is 11.7 Å². The minimum Gasteiger partial charge on any atom is -0.457 e. The molecule has 24 heavy (non-hydrogen) atoms. The van der Waals surface area contributed by atoms with Crippen molar-refractivity contribution < 1.29 is 4.74 Å². The van der Waals surface area contributed by atoms with Crippen LogP contribution in [0.1, 0.15) is 0 Å². The summed E-state index contributed by atoms with van der Waals surface area (Å²) >= 11 is 0. The van der Waals surface area contributed by atoms with Crippen LogP contribution in [0.4, 0.5) is 17.5 Å². The molecular formula is C18H17N5O. The van der Waals surface area contributed by atoms with Crippen LogP contribution >= 0.6 is 0 Å². The molecule has 0 spiro atoms. The predicted octanol–water partition coefficient (Wildman–Crippen LogP) is 4.01. The minimum atomic E-state index is 0.448. The summed E-state index contributed by atoms with van der Waals surface area (Å²) in [4.78, 5) is 4.32. The number of benzene rings is 2. The highest BCUT2D eigenvalue weighted by atomic mass is 16.5. The zero-order chi connectivity index (χ0) is 16.6. The normalized spacial score (nSPS) is 10.0. The van der Waals surface area contributed by atoms with E-state index in [4.69, 9.17) is 4.74 Å². The molecule has 0 radical (unpaired) electrons. The molecule has 0 aliphatic heterocycles. The average molecular weight is 319 g/mol. The summed E-state index contributed by atoms with van der Waals surface area (Å²) in [5.74, 6) is 2.62. The summed E-state index contributed by atoms with van der Waals surface area (Å²) in [6.45, 7) is 4.22. The van der Waals surface area contributed by atoms with E-state index in [0.29, 0.717) is 18.3 Å². The van der Waals surface area contributed by atoms with E-state index in [1.54, 1.807) is 12.3 Å². The molecule has 2 N–H and O–H groups in total. The van der Waals surface area contributed by atoms with E-state index in [-0.39, 0.29) is 0 Å². The second kappa shape index (κ2) is 7.73. The molecule has 3 rings (SSSR count). The van der Waals surface area contributed by atoms with Gasteiger partial charge in [-0.3, -0.25) is 0 Å². The number of hydrogen-bond donors (Lipinski definition) is 2. The van der Waals surface area contributed by atoms with Crippen LogP contribution in [0, 0.1) is 0 Å². The van der Waals surface area contributed by atoms with Gasteiger partial charge in [-0.05, 0) is 36.4 Å². The van der Waals surface area contributed by atoms with Crippen molar-refractivity contribution >= 4 is 17.5 Å². The van der Waals surface area contributed by atoms with Crippen molar-refractivity contribution in [2.24, 2.45) is 0 Å². The van der Waals surface area contributed by atoms with E-state index in [1.807, 2.05) is 54.6 Å². The van der Waals surface area contributed by atoms with Gasteiger partial charge in [-0.1, -0.05) is 24.3 Å². The van der Waals surface area contributed by atoms with Crippen LogP contribution < -0.4 is 15.4 Å². The molecule has 0 saturated carbocycles. The van der Waals surface area contributed by atoms with Crippen molar-refractivity contribution in [1.82, 2.24) is 15.2 Å². The maximum atomic E-state index is 5.76. The molecule has 0 atom stereocenters. The Morgan fingerprint density at radius 1 is 1.00 bits per heavy atom. The van der Waals surface area contributed by atoms with Gasteiger partial charge < -0.3 is 15.4 Å². The van der Waals surface area contributed by atoms with Gasteiger partial charge in [0, 0.05) is 12.2 Å². The van der Waals surface area contributed by atoms with Gasteiger partial charge in [0.25, 0.3) is 0 Å². The zero-order valence-electron chi connectivity index (χ0n) is 13.0. The van der Waals surface area contributed by atoms with E-state index in [9.17, 15) is 0 Å². The molecule has 0 bridgehead atoms. The number of ether oxygens (including phenoxy) is 1. The van der Waals surface area contributed by atoms with Gasteiger partial charge in [0.2, 0.25) is 5.95 Å². The lowest BCUT2D eigenvalue weighted by atomic mass is 10.3. The second-order valence-electron chi connectivity index (χ2n) is 4.90. The first-order valence-electron chi connectivity index (χ1n) is 7.48. The number of nitrogens with one attached hydrogen (secondary N) is 2. The third-order valence-corrected chi connectivity index (χ3v) is 3.07. The van der Waals surface area contributed by atoms with Crippen LogP contribution in [0.3, 0.4) is 0 Å². The van der Waals surface area contributed by atoms with Crippen LogP contribution in [0.2, 0.25) is 0 Å². The molecule has 1 aromatic heterocycles. The third-order valence-electron chi connectivity index (χ3n) is 3.07. The minimum absolute atomic E-state index is 0.448. The van der Waals surface area contributed by atoms with E-state index in [0.717, 1.165) is 17.2 Å². The highest BCUT2D eigenvalue weighted by molar-refractivity contribution is 5.57. The molecule has 6 nitrogen and oxygen atoms in total. The predicted molar refractivity (Wildman–Crippen MR) is 94.8 cm³/mol. The first kappa shape index (κ1) is 15.5. The third kappa shape index (κ3) is 4.30. The SMILES string of the molecule is C=CCNc1nncc(Nc2ccc(Oc3ccccc3)cc2)n1. The molecule has 0 aliphatic rings. The van der Waals surface area contributed by atoms with Crippen molar-refractivity contribution in [3.8, 4) is 11.5 Å². The Balaban J connectivity index is 1.64. The van der Waals surface area contributed by atoms with Gasteiger partial charge in [-0.2, -0.15) is 10.1 Å². The largest absolute Gasteiger partial charge is 0.457 e. The fourth-order valence-corrected chi connectivity index (χ4v) is 1.98. The molecule has 0 fully saturated rings. The molecule has 0 aliphatic carbocycles. The number of para-hydroxylation sites is 1. The molecular weight excluding hydrogens is 302 g/mol. The standard InChI is InChI=1S/C18H17N5O/c1-2-12-19-18-22-17(13-20-23-18)21-14-8-10-16(11-9-14)24-15-6-4-3-5-7-15/h2-11,13H,1,12H2,(H2,19,21,22,23). The fourth-order valence-electron chi connectivity index (χ4n) is 1.98. The van der Waals surface area contributed by atoms with Gasteiger partial charge in [0.1, 0.15) is 11.5 Å². The summed E-state index contributed by atoms with van der Waals surface area (Å²) in [7, 11) is 0. The van der Waals surface area contributed by atoms with Crippen LogP contribution in [-0.2, 0) is 0 Å². The van der Waals surface area contributed by atoms with Gasteiger partial charge in [0.05, 0.1) is 6.20 Å². The molecule has 120 valence electrons. The number of nitrogens with zero attached hydrogens (tertiary/aromatic N) is 3. The Labute approximate surface area is 140 Å². The van der Waals surface area contributed by atoms with Gasteiger partial charge in [0.15, 0.2) is 5.82 Å². The van der Waals surface area contributed by atoms with E-state index < -0.39 is 0 Å². The van der Waals surface area contributed by atoms with Gasteiger partial charge in [-0.25, -0.2) is 0 Å². The van der Waals surface area contributed by atoms with Crippen molar-refractivity contribution in [2.45, 2.75) is 0 Å². The Morgan fingerprint density at radius 2 is 1.75 bits per heavy atom. The smallest absolute Gasteiger partial charge is 0.244 e. The van der Waals surface area contributed by atoms with Crippen LogP contribution in [0.5, 0.6) is 11.5 Å². The maximum absolute atomic E-state index is 5.76.